The number of hydrogen-bond acceptors (Lipinski definition) is 10. The fourth-order valence-electron chi connectivity index (χ4n) is 3.99. The summed E-state index contributed by atoms with van der Waals surface area (Å²) in [5.41, 5.74) is 3.82. The van der Waals surface area contributed by atoms with Crippen LogP contribution in [0.1, 0.15) is 31.4 Å². The summed E-state index contributed by atoms with van der Waals surface area (Å²) in [6, 6.07) is 12.0. The van der Waals surface area contributed by atoms with Gasteiger partial charge in [-0.1, -0.05) is 54.1 Å². The summed E-state index contributed by atoms with van der Waals surface area (Å²) in [7, 11) is -2.48. The predicted octanol–water partition coefficient (Wildman–Crippen LogP) is 4.57. The van der Waals surface area contributed by atoms with Gasteiger partial charge in [0.15, 0.2) is 5.76 Å². The average Bonchev–Trinajstić information content (AvgIpc) is 3.47. The van der Waals surface area contributed by atoms with E-state index in [2.05, 4.69) is 16.1 Å². The molecule has 3 rings (SSSR count). The topological polar surface area (TPSA) is 157 Å². The average molecular weight is 659 g/mol. The Morgan fingerprint density at radius 2 is 1.82 bits per heavy atom. The van der Waals surface area contributed by atoms with Crippen LogP contribution in [-0.4, -0.2) is 73.9 Å². The van der Waals surface area contributed by atoms with Crippen molar-refractivity contribution in [3.05, 3.63) is 76.6 Å². The van der Waals surface area contributed by atoms with Crippen molar-refractivity contribution in [2.75, 3.05) is 33.5 Å². The number of aliphatic hydroxyl groups excluding tert-OH is 1. The number of likely N-dealkylation sites (N-methyl/N-ethyl adjacent to an activating group) is 1. The first-order chi connectivity index (χ1) is 21.0. The number of carbonyl (C=O) groups is 2. The third kappa shape index (κ3) is 10.7. The smallest absolute Gasteiger partial charge is 0.447 e. The van der Waals surface area contributed by atoms with Gasteiger partial charge in [-0.2, -0.15) is 0 Å². The number of nitrogens with zero attached hydrogens (tertiary/aromatic N) is 1. The molecule has 44 heavy (non-hydrogen) atoms. The molecule has 3 atom stereocenters. The molecule has 13 nitrogen and oxygen atoms in total. The zero-order valence-electron chi connectivity index (χ0n) is 24.5. The van der Waals surface area contributed by atoms with Crippen LogP contribution in [-0.2, 0) is 34.3 Å². The Hall–Kier alpha value is -3.23. The summed E-state index contributed by atoms with van der Waals surface area (Å²) in [4.78, 5) is 32.3. The zero-order valence-corrected chi connectivity index (χ0v) is 26.2. The number of alkyl carbamates (subject to hydrolysis) is 1. The van der Waals surface area contributed by atoms with Crippen LogP contribution >= 0.6 is 19.4 Å². The van der Waals surface area contributed by atoms with E-state index in [0.717, 1.165) is 5.56 Å². The molecule has 1 heterocycles. The third-order valence-corrected chi connectivity index (χ3v) is 8.26. The maximum atomic E-state index is 13.8. The van der Waals surface area contributed by atoms with Crippen LogP contribution in [0, 0.1) is 5.82 Å². The summed E-state index contributed by atoms with van der Waals surface area (Å²) in [6.45, 7) is 2.45. The predicted molar refractivity (Wildman–Crippen MR) is 160 cm³/mol. The third-order valence-electron chi connectivity index (χ3n) is 6.23. The molecule has 1 aliphatic heterocycles. The van der Waals surface area contributed by atoms with Gasteiger partial charge in [-0.05, 0) is 31.9 Å². The van der Waals surface area contributed by atoms with Crippen LogP contribution in [0.3, 0.4) is 0 Å². The molecule has 0 aromatic heterocycles. The highest BCUT2D eigenvalue weighted by molar-refractivity contribution is 7.48. The number of hydroxylamine groups is 1. The SMILES string of the molecule is CCOP(=O)(OCC)OC[C@H](O)C[C@@H](COC(=O)NC1C=C(c2ccccc2)ON1)N(C)C(=O)NCc1cccc(F)c1Cl. The molecule has 16 heteroatoms. The van der Waals surface area contributed by atoms with Gasteiger partial charge in [-0.25, -0.2) is 18.5 Å². The second-order valence-electron chi connectivity index (χ2n) is 9.44. The number of hydrogen-bond donors (Lipinski definition) is 4. The van der Waals surface area contributed by atoms with Gasteiger partial charge in [-0.15, -0.1) is 5.48 Å². The largest absolute Gasteiger partial charge is 0.474 e. The summed E-state index contributed by atoms with van der Waals surface area (Å²) >= 11 is 5.99. The summed E-state index contributed by atoms with van der Waals surface area (Å²) in [5.74, 6) is -0.112. The molecule has 0 radical (unpaired) electrons. The van der Waals surface area contributed by atoms with Crippen molar-refractivity contribution in [2.24, 2.45) is 0 Å². The first kappa shape index (κ1) is 35.3. The molecule has 1 aliphatic rings. The van der Waals surface area contributed by atoms with Crippen LogP contribution in [0.2, 0.25) is 5.02 Å². The zero-order chi connectivity index (χ0) is 32.1. The standard InChI is InChI=1S/C28H37ClFN4O9P/c1-4-40-44(38,41-5-2)42-18-22(35)14-21(34(3)27(36)31-16-20-12-9-13-23(30)26(20)29)17-39-28(37)32-25-15-24(43-33-25)19-10-7-6-8-11-19/h6-13,15,21-22,25,33,35H,4-5,14,16-18H2,1-3H3,(H,31,36)(H,32,37)/t21-,22+,25?/m0/s1. The molecular formula is C28H37ClFN4O9P. The van der Waals surface area contributed by atoms with E-state index in [0.29, 0.717) is 11.3 Å². The van der Waals surface area contributed by atoms with Crippen LogP contribution in [0.4, 0.5) is 14.0 Å². The fourth-order valence-corrected chi connectivity index (χ4v) is 5.39. The maximum absolute atomic E-state index is 13.8. The maximum Gasteiger partial charge on any atom is 0.474 e. The number of urea groups is 1. The Kier molecular flexibility index (Phi) is 13.9. The number of carbonyl (C=O) groups excluding carboxylic acids is 2. The second-order valence-corrected chi connectivity index (χ2v) is 11.5. The Morgan fingerprint density at radius 3 is 2.50 bits per heavy atom. The van der Waals surface area contributed by atoms with Gasteiger partial charge < -0.3 is 24.9 Å². The summed E-state index contributed by atoms with van der Waals surface area (Å²) < 4.78 is 47.2. The molecule has 1 unspecified atom stereocenters. The van der Waals surface area contributed by atoms with Crippen molar-refractivity contribution in [1.29, 1.82) is 0 Å². The monoisotopic (exact) mass is 658 g/mol. The fraction of sp³-hybridized carbons (Fsp3) is 0.429. The van der Waals surface area contributed by atoms with E-state index in [1.165, 1.54) is 24.1 Å². The second kappa shape index (κ2) is 17.3. The Morgan fingerprint density at radius 1 is 1.11 bits per heavy atom. The lowest BCUT2D eigenvalue weighted by Gasteiger charge is -2.30. The van der Waals surface area contributed by atoms with E-state index in [1.807, 2.05) is 30.3 Å². The van der Waals surface area contributed by atoms with E-state index < -0.39 is 50.7 Å². The molecule has 0 aliphatic carbocycles. The van der Waals surface area contributed by atoms with Crippen molar-refractivity contribution in [3.63, 3.8) is 0 Å². The summed E-state index contributed by atoms with van der Waals surface area (Å²) in [6.07, 6.45) is -1.29. The highest BCUT2D eigenvalue weighted by Crippen LogP contribution is 2.49. The van der Waals surface area contributed by atoms with Gasteiger partial charge in [0.25, 0.3) is 0 Å². The number of benzene rings is 2. The lowest BCUT2D eigenvalue weighted by Crippen LogP contribution is -2.48. The first-order valence-corrected chi connectivity index (χ1v) is 15.7. The van der Waals surface area contributed by atoms with Crippen LogP contribution in [0.25, 0.3) is 5.76 Å². The lowest BCUT2D eigenvalue weighted by atomic mass is 10.1. The van der Waals surface area contributed by atoms with Gasteiger partial charge in [0.2, 0.25) is 0 Å². The molecule has 0 fully saturated rings. The minimum absolute atomic E-state index is 0.0557. The number of phosphoric ester groups is 1. The number of phosphoric acid groups is 1. The number of rotatable bonds is 16. The van der Waals surface area contributed by atoms with Gasteiger partial charge >= 0.3 is 19.9 Å². The highest BCUT2D eigenvalue weighted by atomic mass is 35.5. The molecule has 0 spiro atoms. The first-order valence-electron chi connectivity index (χ1n) is 13.8. The van der Waals surface area contributed by atoms with Gasteiger partial charge in [0.1, 0.15) is 18.6 Å². The van der Waals surface area contributed by atoms with Crippen molar-refractivity contribution < 1.29 is 46.8 Å². The van der Waals surface area contributed by atoms with E-state index in [1.54, 1.807) is 26.0 Å². The molecule has 2 aromatic carbocycles. The van der Waals surface area contributed by atoms with Crippen molar-refractivity contribution in [3.8, 4) is 0 Å². The number of aliphatic hydroxyl groups is 1. The van der Waals surface area contributed by atoms with Crippen LogP contribution in [0.15, 0.2) is 54.6 Å². The number of nitrogens with one attached hydrogen (secondary N) is 3. The van der Waals surface area contributed by atoms with Gasteiger partial charge in [0.05, 0.1) is 37.0 Å². The van der Waals surface area contributed by atoms with Crippen LogP contribution in [0.5, 0.6) is 0 Å². The normalized spacial score (nSPS) is 16.0. The Bertz CT molecular complexity index is 1310. The molecule has 3 amide bonds. The number of halogens is 2. The van der Waals surface area contributed by atoms with E-state index >= 15 is 0 Å². The van der Waals surface area contributed by atoms with E-state index in [9.17, 15) is 23.7 Å². The Balaban J connectivity index is 1.63. The van der Waals surface area contributed by atoms with Crippen molar-refractivity contribution >= 4 is 37.3 Å². The Labute approximate surface area is 260 Å². The molecule has 242 valence electrons. The van der Waals surface area contributed by atoms with Crippen LogP contribution < -0.4 is 16.1 Å². The lowest BCUT2D eigenvalue weighted by molar-refractivity contribution is 0.0333. The minimum atomic E-state index is -3.90. The molecule has 4 N–H and O–H groups in total. The van der Waals surface area contributed by atoms with Crippen molar-refractivity contribution in [2.45, 2.75) is 45.1 Å². The molecule has 0 saturated heterocycles. The summed E-state index contributed by atoms with van der Waals surface area (Å²) in [5, 5.41) is 15.8. The van der Waals surface area contributed by atoms with Gasteiger partial charge in [0, 0.05) is 25.2 Å². The number of amides is 3. The highest BCUT2D eigenvalue weighted by Gasteiger charge is 2.30. The number of ether oxygens (including phenoxy) is 1. The quantitative estimate of drug-likeness (QED) is 0.189. The molecule has 0 bridgehead atoms. The van der Waals surface area contributed by atoms with E-state index in [-0.39, 0.29) is 37.8 Å². The van der Waals surface area contributed by atoms with E-state index in [4.69, 9.17) is 34.7 Å². The van der Waals surface area contributed by atoms with Crippen molar-refractivity contribution in [1.82, 2.24) is 21.0 Å². The molecule has 0 saturated carbocycles. The van der Waals surface area contributed by atoms with Gasteiger partial charge in [-0.3, -0.25) is 18.9 Å². The molecule has 2 aromatic rings. The minimum Gasteiger partial charge on any atom is -0.447 e. The molecular weight excluding hydrogens is 622 g/mol.